The Labute approximate surface area is 161 Å². The number of carbonyl (C=O) groups is 2. The molecule has 2 aliphatic rings. The molecule has 2 amide bonds. The van der Waals surface area contributed by atoms with Gasteiger partial charge in [-0.2, -0.15) is 0 Å². The molecule has 1 aromatic heterocycles. The quantitative estimate of drug-likeness (QED) is 0.848. The lowest BCUT2D eigenvalue weighted by molar-refractivity contribution is -0.139. The third-order valence-corrected chi connectivity index (χ3v) is 5.34. The third-order valence-electron chi connectivity index (χ3n) is 5.34. The summed E-state index contributed by atoms with van der Waals surface area (Å²) >= 11 is 0. The van der Waals surface area contributed by atoms with Crippen molar-refractivity contribution in [1.82, 2.24) is 20.1 Å². The standard InChI is InChI=1S/C19H28N4O2.ClH/c1-3-5-14(2)23-13-16(10-18(23)24)19(25)22-9-8-21-12-17(22)15-6-4-7-20-11-15;/h4,6-7,11,14,16-17,21H,3,5,8-10,12-13H2,1-2H3;1H. The smallest absolute Gasteiger partial charge is 0.228 e. The van der Waals surface area contributed by atoms with Crippen LogP contribution in [0.3, 0.4) is 0 Å². The molecule has 0 radical (unpaired) electrons. The number of aromatic nitrogens is 1. The second-order valence-corrected chi connectivity index (χ2v) is 7.12. The largest absolute Gasteiger partial charge is 0.339 e. The van der Waals surface area contributed by atoms with Gasteiger partial charge >= 0.3 is 0 Å². The summed E-state index contributed by atoms with van der Waals surface area (Å²) in [7, 11) is 0. The molecule has 0 spiro atoms. The van der Waals surface area contributed by atoms with Crippen molar-refractivity contribution in [2.75, 3.05) is 26.2 Å². The lowest BCUT2D eigenvalue weighted by Crippen LogP contribution is -2.51. The first-order valence-electron chi connectivity index (χ1n) is 9.32. The van der Waals surface area contributed by atoms with Gasteiger partial charge in [-0.1, -0.05) is 19.4 Å². The Bertz CT molecular complexity index is 613. The van der Waals surface area contributed by atoms with Gasteiger partial charge in [0.15, 0.2) is 0 Å². The number of pyridine rings is 1. The summed E-state index contributed by atoms with van der Waals surface area (Å²) in [6.45, 7) is 6.96. The monoisotopic (exact) mass is 380 g/mol. The number of rotatable bonds is 5. The Morgan fingerprint density at radius 1 is 1.46 bits per heavy atom. The highest BCUT2D eigenvalue weighted by atomic mass is 35.5. The van der Waals surface area contributed by atoms with Crippen LogP contribution in [0.15, 0.2) is 24.5 Å². The summed E-state index contributed by atoms with van der Waals surface area (Å²) in [6, 6.07) is 4.12. The maximum Gasteiger partial charge on any atom is 0.228 e. The van der Waals surface area contributed by atoms with Crippen LogP contribution < -0.4 is 5.32 Å². The van der Waals surface area contributed by atoms with Gasteiger partial charge in [0.1, 0.15) is 0 Å². The molecule has 144 valence electrons. The zero-order chi connectivity index (χ0) is 17.8. The van der Waals surface area contributed by atoms with Crippen LogP contribution in [0.5, 0.6) is 0 Å². The average molecular weight is 381 g/mol. The van der Waals surface area contributed by atoms with Gasteiger partial charge in [-0.05, 0) is 25.0 Å². The van der Waals surface area contributed by atoms with Crippen LogP contribution >= 0.6 is 12.4 Å². The van der Waals surface area contributed by atoms with Gasteiger partial charge in [0.2, 0.25) is 11.8 Å². The lowest BCUT2D eigenvalue weighted by atomic mass is 10.0. The molecule has 0 bridgehead atoms. The van der Waals surface area contributed by atoms with Crippen molar-refractivity contribution in [3.05, 3.63) is 30.1 Å². The second kappa shape index (κ2) is 9.33. The van der Waals surface area contributed by atoms with Crippen molar-refractivity contribution in [3.63, 3.8) is 0 Å². The van der Waals surface area contributed by atoms with Gasteiger partial charge in [0, 0.05) is 51.0 Å². The summed E-state index contributed by atoms with van der Waals surface area (Å²) in [5, 5.41) is 3.36. The van der Waals surface area contributed by atoms with Crippen LogP contribution in [-0.2, 0) is 9.59 Å². The van der Waals surface area contributed by atoms with Crippen molar-refractivity contribution >= 4 is 24.2 Å². The third kappa shape index (κ3) is 4.35. The summed E-state index contributed by atoms with van der Waals surface area (Å²) in [4.78, 5) is 33.6. The van der Waals surface area contributed by atoms with E-state index in [4.69, 9.17) is 0 Å². The molecule has 0 saturated carbocycles. The fraction of sp³-hybridized carbons (Fsp3) is 0.632. The SMILES string of the molecule is CCCC(C)N1CC(C(=O)N2CCNCC2c2cccnc2)CC1=O.Cl. The number of hydrogen-bond donors (Lipinski definition) is 1. The molecule has 1 N–H and O–H groups in total. The van der Waals surface area contributed by atoms with Crippen molar-refractivity contribution in [2.24, 2.45) is 5.92 Å². The molecule has 0 aliphatic carbocycles. The van der Waals surface area contributed by atoms with Gasteiger partial charge in [-0.15, -0.1) is 12.4 Å². The molecule has 3 heterocycles. The van der Waals surface area contributed by atoms with Crippen LogP contribution in [0.2, 0.25) is 0 Å². The number of halogens is 1. The summed E-state index contributed by atoms with van der Waals surface area (Å²) in [5.74, 6) is 0.00587. The fourth-order valence-electron chi connectivity index (χ4n) is 3.97. The predicted octanol–water partition coefficient (Wildman–Crippen LogP) is 2.01. The van der Waals surface area contributed by atoms with Gasteiger partial charge in [-0.25, -0.2) is 0 Å². The molecule has 6 nitrogen and oxygen atoms in total. The molecular formula is C19H29ClN4O2. The van der Waals surface area contributed by atoms with E-state index < -0.39 is 0 Å². The number of nitrogens with one attached hydrogen (secondary N) is 1. The molecular weight excluding hydrogens is 352 g/mol. The summed E-state index contributed by atoms with van der Waals surface area (Å²) < 4.78 is 0. The lowest BCUT2D eigenvalue weighted by Gasteiger charge is -2.38. The molecule has 26 heavy (non-hydrogen) atoms. The minimum atomic E-state index is -0.218. The van der Waals surface area contributed by atoms with Crippen molar-refractivity contribution in [1.29, 1.82) is 0 Å². The number of piperazine rings is 1. The van der Waals surface area contributed by atoms with E-state index in [-0.39, 0.29) is 42.2 Å². The van der Waals surface area contributed by atoms with Gasteiger partial charge in [0.25, 0.3) is 0 Å². The number of nitrogens with zero attached hydrogens (tertiary/aromatic N) is 3. The fourth-order valence-corrected chi connectivity index (χ4v) is 3.97. The van der Waals surface area contributed by atoms with E-state index >= 15 is 0 Å². The molecule has 3 unspecified atom stereocenters. The minimum Gasteiger partial charge on any atom is -0.339 e. The number of carbonyl (C=O) groups excluding carboxylic acids is 2. The van der Waals surface area contributed by atoms with Crippen molar-refractivity contribution < 1.29 is 9.59 Å². The maximum atomic E-state index is 13.2. The first-order chi connectivity index (χ1) is 12.1. The van der Waals surface area contributed by atoms with Crippen LogP contribution in [0.4, 0.5) is 0 Å². The zero-order valence-corrected chi connectivity index (χ0v) is 16.4. The number of hydrogen-bond acceptors (Lipinski definition) is 4. The van der Waals surface area contributed by atoms with Crippen LogP contribution in [0, 0.1) is 5.92 Å². The second-order valence-electron chi connectivity index (χ2n) is 7.12. The normalized spacial score (nSPS) is 24.3. The van der Waals surface area contributed by atoms with E-state index in [1.54, 1.807) is 6.20 Å². The van der Waals surface area contributed by atoms with Crippen molar-refractivity contribution in [3.8, 4) is 0 Å². The Balaban J connectivity index is 0.00000243. The summed E-state index contributed by atoms with van der Waals surface area (Å²) in [5.41, 5.74) is 1.04. The molecule has 1 aromatic rings. The molecule has 0 aromatic carbocycles. The Morgan fingerprint density at radius 3 is 2.96 bits per heavy atom. The van der Waals surface area contributed by atoms with E-state index in [1.807, 2.05) is 28.1 Å². The Hall–Kier alpha value is -1.66. The topological polar surface area (TPSA) is 65.5 Å². The van der Waals surface area contributed by atoms with E-state index in [1.165, 1.54) is 0 Å². The highest BCUT2D eigenvalue weighted by Gasteiger charge is 2.40. The highest BCUT2D eigenvalue weighted by molar-refractivity contribution is 5.89. The van der Waals surface area contributed by atoms with Gasteiger partial charge < -0.3 is 15.1 Å². The van der Waals surface area contributed by atoms with Gasteiger partial charge in [-0.3, -0.25) is 14.6 Å². The first-order valence-corrected chi connectivity index (χ1v) is 9.32. The predicted molar refractivity (Wildman–Crippen MR) is 103 cm³/mol. The van der Waals surface area contributed by atoms with Crippen LogP contribution in [0.25, 0.3) is 0 Å². The maximum absolute atomic E-state index is 13.2. The van der Waals surface area contributed by atoms with E-state index in [9.17, 15) is 9.59 Å². The zero-order valence-electron chi connectivity index (χ0n) is 15.6. The first kappa shape index (κ1) is 20.6. The van der Waals surface area contributed by atoms with Gasteiger partial charge in [0.05, 0.1) is 12.0 Å². The van der Waals surface area contributed by atoms with E-state index in [0.29, 0.717) is 19.5 Å². The average Bonchev–Trinajstić information content (AvgIpc) is 3.04. The van der Waals surface area contributed by atoms with E-state index in [2.05, 4.69) is 24.1 Å². The Morgan fingerprint density at radius 2 is 2.27 bits per heavy atom. The minimum absolute atomic E-state index is 0. The Kier molecular flexibility index (Phi) is 7.41. The molecule has 7 heteroatoms. The molecule has 2 fully saturated rings. The highest BCUT2D eigenvalue weighted by Crippen LogP contribution is 2.28. The molecule has 2 aliphatic heterocycles. The van der Waals surface area contributed by atoms with Crippen molar-refractivity contribution in [2.45, 2.75) is 45.2 Å². The van der Waals surface area contributed by atoms with Crippen LogP contribution in [0.1, 0.15) is 44.7 Å². The summed E-state index contributed by atoms with van der Waals surface area (Å²) in [6.07, 6.45) is 5.95. The molecule has 3 rings (SSSR count). The van der Waals surface area contributed by atoms with E-state index in [0.717, 1.165) is 31.5 Å². The molecule has 2 saturated heterocycles. The molecule has 3 atom stereocenters. The number of amides is 2. The number of likely N-dealkylation sites (tertiary alicyclic amines) is 1. The van der Waals surface area contributed by atoms with Crippen LogP contribution in [-0.4, -0.2) is 58.8 Å².